The van der Waals surface area contributed by atoms with Gasteiger partial charge in [0.1, 0.15) is 0 Å². The summed E-state index contributed by atoms with van der Waals surface area (Å²) in [5.74, 6) is 1.97. The van der Waals surface area contributed by atoms with Gasteiger partial charge >= 0.3 is 0 Å². The van der Waals surface area contributed by atoms with Gasteiger partial charge in [-0.2, -0.15) is 0 Å². The molecule has 0 bridgehead atoms. The van der Waals surface area contributed by atoms with Gasteiger partial charge in [-0.25, -0.2) is 0 Å². The monoisotopic (exact) mass is 268 g/mol. The molecule has 0 aromatic rings. The molecule has 1 aliphatic heterocycles. The lowest BCUT2D eigenvalue weighted by Gasteiger charge is -2.41. The summed E-state index contributed by atoms with van der Waals surface area (Å²) in [5, 5.41) is 13.3. The fraction of sp³-hybridized carbons (Fsp3) is 1.00. The van der Waals surface area contributed by atoms with Gasteiger partial charge in [0.25, 0.3) is 0 Å². The van der Waals surface area contributed by atoms with Gasteiger partial charge in [0, 0.05) is 25.2 Å². The van der Waals surface area contributed by atoms with Gasteiger partial charge in [-0.3, -0.25) is 0 Å². The van der Waals surface area contributed by atoms with Crippen LogP contribution in [0.4, 0.5) is 0 Å². The smallest absolute Gasteiger partial charge is 0.0462 e. The molecule has 19 heavy (non-hydrogen) atoms. The SMILES string of the molecule is CC1CN(C)C(C)CC1NCC1CCCCC1CO. The van der Waals surface area contributed by atoms with Gasteiger partial charge in [0.15, 0.2) is 0 Å². The molecule has 2 aliphatic rings. The Morgan fingerprint density at radius 2 is 1.84 bits per heavy atom. The number of nitrogens with zero attached hydrogens (tertiary/aromatic N) is 1. The molecule has 2 fully saturated rings. The summed E-state index contributed by atoms with van der Waals surface area (Å²) in [6, 6.07) is 1.35. The third-order valence-corrected chi connectivity index (χ3v) is 5.55. The second-order valence-corrected chi connectivity index (χ2v) is 7.00. The van der Waals surface area contributed by atoms with Gasteiger partial charge in [-0.15, -0.1) is 0 Å². The summed E-state index contributed by atoms with van der Waals surface area (Å²) < 4.78 is 0. The normalized spacial score (nSPS) is 41.4. The summed E-state index contributed by atoms with van der Waals surface area (Å²) in [7, 11) is 2.24. The Balaban J connectivity index is 1.80. The van der Waals surface area contributed by atoms with Crippen LogP contribution < -0.4 is 5.32 Å². The van der Waals surface area contributed by atoms with Gasteiger partial charge < -0.3 is 15.3 Å². The summed E-state index contributed by atoms with van der Waals surface area (Å²) in [6.45, 7) is 7.39. The number of piperidine rings is 1. The van der Waals surface area contributed by atoms with Crippen molar-refractivity contribution < 1.29 is 5.11 Å². The molecule has 3 heteroatoms. The zero-order chi connectivity index (χ0) is 13.8. The van der Waals surface area contributed by atoms with Crippen molar-refractivity contribution >= 4 is 0 Å². The highest BCUT2D eigenvalue weighted by Crippen LogP contribution is 2.30. The average Bonchev–Trinajstić information content (AvgIpc) is 2.41. The quantitative estimate of drug-likeness (QED) is 0.820. The van der Waals surface area contributed by atoms with Crippen LogP contribution in [-0.4, -0.2) is 48.8 Å². The van der Waals surface area contributed by atoms with Crippen LogP contribution in [-0.2, 0) is 0 Å². The van der Waals surface area contributed by atoms with Gasteiger partial charge in [0.2, 0.25) is 0 Å². The van der Waals surface area contributed by atoms with E-state index in [-0.39, 0.29) is 0 Å². The number of hydrogen-bond donors (Lipinski definition) is 2. The predicted molar refractivity (Wildman–Crippen MR) is 80.2 cm³/mol. The van der Waals surface area contributed by atoms with Crippen LogP contribution in [0, 0.1) is 17.8 Å². The summed E-state index contributed by atoms with van der Waals surface area (Å²) in [6.07, 6.45) is 6.44. The number of aliphatic hydroxyl groups is 1. The number of nitrogens with one attached hydrogen (secondary N) is 1. The zero-order valence-corrected chi connectivity index (χ0v) is 12.9. The summed E-state index contributed by atoms with van der Waals surface area (Å²) >= 11 is 0. The second-order valence-electron chi connectivity index (χ2n) is 7.00. The van der Waals surface area contributed by atoms with Crippen LogP contribution >= 0.6 is 0 Å². The fourth-order valence-electron chi connectivity index (χ4n) is 3.92. The number of likely N-dealkylation sites (tertiary alicyclic amines) is 1. The third kappa shape index (κ3) is 3.93. The largest absolute Gasteiger partial charge is 0.396 e. The first-order valence-corrected chi connectivity index (χ1v) is 8.16. The molecular weight excluding hydrogens is 236 g/mol. The standard InChI is InChI=1S/C16H32N2O/c1-12-10-18(3)13(2)8-16(12)17-9-14-6-4-5-7-15(14)11-19/h12-17,19H,4-11H2,1-3H3. The third-order valence-electron chi connectivity index (χ3n) is 5.55. The van der Waals surface area contributed by atoms with Crippen LogP contribution in [0.15, 0.2) is 0 Å². The van der Waals surface area contributed by atoms with Crippen LogP contribution in [0.2, 0.25) is 0 Å². The van der Waals surface area contributed by atoms with Crippen LogP contribution in [0.3, 0.4) is 0 Å². The maximum Gasteiger partial charge on any atom is 0.0462 e. The Hall–Kier alpha value is -0.120. The fourth-order valence-corrected chi connectivity index (χ4v) is 3.92. The van der Waals surface area contributed by atoms with E-state index in [1.165, 1.54) is 38.6 Å². The lowest BCUT2D eigenvalue weighted by molar-refractivity contribution is 0.101. The van der Waals surface area contributed by atoms with Crippen molar-refractivity contribution in [1.29, 1.82) is 0 Å². The average molecular weight is 268 g/mol. The molecule has 0 radical (unpaired) electrons. The minimum atomic E-state index is 0.381. The van der Waals surface area contributed by atoms with E-state index in [1.54, 1.807) is 0 Å². The van der Waals surface area contributed by atoms with Crippen molar-refractivity contribution in [1.82, 2.24) is 10.2 Å². The molecule has 1 saturated heterocycles. The number of aliphatic hydroxyl groups excluding tert-OH is 1. The predicted octanol–water partition coefficient (Wildman–Crippen LogP) is 2.10. The van der Waals surface area contributed by atoms with Gasteiger partial charge in [-0.05, 0) is 57.5 Å². The first kappa shape index (κ1) is 15.3. The highest BCUT2D eigenvalue weighted by atomic mass is 16.3. The molecule has 0 spiro atoms. The van der Waals surface area contributed by atoms with E-state index in [0.29, 0.717) is 30.5 Å². The topological polar surface area (TPSA) is 35.5 Å². The second kappa shape index (κ2) is 7.05. The van der Waals surface area contributed by atoms with E-state index < -0.39 is 0 Å². The molecule has 5 atom stereocenters. The molecule has 112 valence electrons. The van der Waals surface area contributed by atoms with E-state index in [1.807, 2.05) is 0 Å². The van der Waals surface area contributed by atoms with Crippen LogP contribution in [0.1, 0.15) is 46.0 Å². The lowest BCUT2D eigenvalue weighted by atomic mass is 9.79. The molecule has 1 aliphatic carbocycles. The highest BCUT2D eigenvalue weighted by molar-refractivity contribution is 4.87. The lowest BCUT2D eigenvalue weighted by Crippen LogP contribution is -2.52. The van der Waals surface area contributed by atoms with E-state index >= 15 is 0 Å². The maximum atomic E-state index is 9.49. The van der Waals surface area contributed by atoms with Crippen molar-refractivity contribution in [3.63, 3.8) is 0 Å². The molecule has 1 saturated carbocycles. The molecule has 0 aromatic heterocycles. The molecule has 2 N–H and O–H groups in total. The minimum absolute atomic E-state index is 0.381. The van der Waals surface area contributed by atoms with E-state index in [9.17, 15) is 5.11 Å². The Morgan fingerprint density at radius 3 is 2.53 bits per heavy atom. The van der Waals surface area contributed by atoms with Gasteiger partial charge in [0.05, 0.1) is 0 Å². The Labute approximate surface area is 118 Å². The first-order valence-electron chi connectivity index (χ1n) is 8.16. The molecule has 1 heterocycles. The highest BCUT2D eigenvalue weighted by Gasteiger charge is 2.30. The van der Waals surface area contributed by atoms with Crippen molar-refractivity contribution in [2.45, 2.75) is 58.0 Å². The summed E-state index contributed by atoms with van der Waals surface area (Å²) in [4.78, 5) is 2.47. The Kier molecular flexibility index (Phi) is 5.67. The van der Waals surface area contributed by atoms with Crippen LogP contribution in [0.25, 0.3) is 0 Å². The number of rotatable bonds is 4. The molecule has 3 nitrogen and oxygen atoms in total. The summed E-state index contributed by atoms with van der Waals surface area (Å²) in [5.41, 5.74) is 0. The maximum absolute atomic E-state index is 9.49. The van der Waals surface area contributed by atoms with Crippen molar-refractivity contribution in [3.8, 4) is 0 Å². The van der Waals surface area contributed by atoms with Crippen molar-refractivity contribution in [2.24, 2.45) is 17.8 Å². The molecule has 2 rings (SSSR count). The van der Waals surface area contributed by atoms with Crippen molar-refractivity contribution in [3.05, 3.63) is 0 Å². The Morgan fingerprint density at radius 1 is 1.16 bits per heavy atom. The number of hydrogen-bond acceptors (Lipinski definition) is 3. The zero-order valence-electron chi connectivity index (χ0n) is 12.9. The van der Waals surface area contributed by atoms with Gasteiger partial charge in [-0.1, -0.05) is 19.8 Å². The molecular formula is C16H32N2O. The molecule has 5 unspecified atom stereocenters. The van der Waals surface area contributed by atoms with Crippen molar-refractivity contribution in [2.75, 3.05) is 26.7 Å². The first-order chi connectivity index (χ1) is 9.11. The van der Waals surface area contributed by atoms with E-state index in [4.69, 9.17) is 0 Å². The minimum Gasteiger partial charge on any atom is -0.396 e. The molecule has 0 aromatic carbocycles. The van der Waals surface area contributed by atoms with E-state index in [2.05, 4.69) is 31.1 Å². The van der Waals surface area contributed by atoms with E-state index in [0.717, 1.165) is 12.5 Å². The Bertz CT molecular complexity index is 271. The van der Waals surface area contributed by atoms with Crippen LogP contribution in [0.5, 0.6) is 0 Å². The molecule has 0 amide bonds.